The van der Waals surface area contributed by atoms with Gasteiger partial charge in [0.1, 0.15) is 12.2 Å². The van der Waals surface area contributed by atoms with E-state index >= 15 is 0 Å². The molecule has 0 bridgehead atoms. The van der Waals surface area contributed by atoms with Gasteiger partial charge in [0, 0.05) is 32.1 Å². The number of aryl methyl sites for hydroxylation is 1. The highest BCUT2D eigenvalue weighted by molar-refractivity contribution is 5.80. The van der Waals surface area contributed by atoms with Crippen molar-refractivity contribution in [1.29, 1.82) is 0 Å². The van der Waals surface area contributed by atoms with Gasteiger partial charge < -0.3 is 20.1 Å². The van der Waals surface area contributed by atoms with Gasteiger partial charge in [-0.3, -0.25) is 4.99 Å². The minimum Gasteiger partial charge on any atom is -0.355 e. The van der Waals surface area contributed by atoms with Crippen LogP contribution < -0.4 is 10.6 Å². The molecule has 1 saturated carbocycles. The van der Waals surface area contributed by atoms with Gasteiger partial charge in [-0.25, -0.2) is 0 Å². The van der Waals surface area contributed by atoms with E-state index in [0.717, 1.165) is 44.3 Å². The summed E-state index contributed by atoms with van der Waals surface area (Å²) in [5.74, 6) is 2.03. The zero-order valence-electron chi connectivity index (χ0n) is 18.4. The zero-order valence-corrected chi connectivity index (χ0v) is 18.4. The highest BCUT2D eigenvalue weighted by Gasteiger charge is 2.15. The first kappa shape index (κ1) is 22.1. The summed E-state index contributed by atoms with van der Waals surface area (Å²) < 4.78 is 2.13. The number of likely N-dealkylation sites (tertiary alicyclic amines) is 1. The topological polar surface area (TPSA) is 70.4 Å². The van der Waals surface area contributed by atoms with Crippen LogP contribution in [0.2, 0.25) is 0 Å². The van der Waals surface area contributed by atoms with Crippen molar-refractivity contribution in [1.82, 2.24) is 30.3 Å². The van der Waals surface area contributed by atoms with Crippen molar-refractivity contribution in [2.24, 2.45) is 4.99 Å². The van der Waals surface area contributed by atoms with Crippen LogP contribution in [0.5, 0.6) is 0 Å². The Bertz CT molecular complexity index is 584. The smallest absolute Gasteiger partial charge is 0.191 e. The number of aliphatic imine (C=N–C) groups is 1. The van der Waals surface area contributed by atoms with Gasteiger partial charge in [0.15, 0.2) is 5.96 Å². The lowest BCUT2D eigenvalue weighted by Gasteiger charge is -2.25. The van der Waals surface area contributed by atoms with Gasteiger partial charge in [0.25, 0.3) is 0 Å². The summed E-state index contributed by atoms with van der Waals surface area (Å²) in [6, 6.07) is 0.571. The summed E-state index contributed by atoms with van der Waals surface area (Å²) in [4.78, 5) is 7.54. The van der Waals surface area contributed by atoms with Gasteiger partial charge in [-0.2, -0.15) is 0 Å². The summed E-state index contributed by atoms with van der Waals surface area (Å²) in [6.07, 6.45) is 16.0. The minimum atomic E-state index is 0.571. The standard InChI is InChI=1S/C22H41N7/c1-2-21-27-25-19-29(21)18-14-24-22(26-20-11-6-5-7-12-20)23-13-10-17-28-15-8-3-4-9-16-28/h19-20H,2-18H2,1H3,(H2,23,24,26). The van der Waals surface area contributed by atoms with Gasteiger partial charge in [-0.1, -0.05) is 39.0 Å². The van der Waals surface area contributed by atoms with E-state index in [2.05, 4.69) is 37.2 Å². The van der Waals surface area contributed by atoms with E-state index in [4.69, 9.17) is 4.99 Å². The van der Waals surface area contributed by atoms with Crippen LogP contribution in [-0.2, 0) is 13.0 Å². The maximum atomic E-state index is 4.91. The fourth-order valence-electron chi connectivity index (χ4n) is 4.47. The van der Waals surface area contributed by atoms with Crippen molar-refractivity contribution >= 4 is 5.96 Å². The largest absolute Gasteiger partial charge is 0.355 e. The molecule has 1 aromatic rings. The van der Waals surface area contributed by atoms with Crippen LogP contribution in [-0.4, -0.2) is 64.4 Å². The Morgan fingerprint density at radius 3 is 2.59 bits per heavy atom. The number of aromatic nitrogens is 3. The summed E-state index contributed by atoms with van der Waals surface area (Å²) in [6.45, 7) is 8.45. The zero-order chi connectivity index (χ0) is 20.2. The van der Waals surface area contributed by atoms with Crippen LogP contribution in [0.15, 0.2) is 11.3 Å². The van der Waals surface area contributed by atoms with Crippen molar-refractivity contribution < 1.29 is 0 Å². The molecule has 2 aliphatic rings. The van der Waals surface area contributed by atoms with Crippen molar-refractivity contribution in [2.75, 3.05) is 32.7 Å². The predicted molar refractivity (Wildman–Crippen MR) is 119 cm³/mol. The Morgan fingerprint density at radius 2 is 1.83 bits per heavy atom. The third-order valence-corrected chi connectivity index (χ3v) is 6.20. The minimum absolute atomic E-state index is 0.571. The first-order chi connectivity index (χ1) is 14.3. The predicted octanol–water partition coefficient (Wildman–Crippen LogP) is 2.97. The van der Waals surface area contributed by atoms with Gasteiger partial charge in [-0.15, -0.1) is 10.2 Å². The van der Waals surface area contributed by atoms with E-state index in [1.807, 2.05) is 6.33 Å². The van der Waals surface area contributed by atoms with Crippen molar-refractivity contribution in [3.05, 3.63) is 12.2 Å². The van der Waals surface area contributed by atoms with Crippen LogP contribution in [0.4, 0.5) is 0 Å². The maximum Gasteiger partial charge on any atom is 0.191 e. The van der Waals surface area contributed by atoms with Gasteiger partial charge in [0.2, 0.25) is 0 Å². The second kappa shape index (κ2) is 12.8. The molecule has 0 atom stereocenters. The molecular formula is C22H41N7. The van der Waals surface area contributed by atoms with Gasteiger partial charge >= 0.3 is 0 Å². The Balaban J connectivity index is 1.45. The molecule has 1 saturated heterocycles. The molecule has 3 rings (SSSR count). The van der Waals surface area contributed by atoms with Crippen molar-refractivity contribution in [3.8, 4) is 0 Å². The van der Waals surface area contributed by atoms with Crippen LogP contribution in [0.1, 0.15) is 77.0 Å². The third kappa shape index (κ3) is 7.96. The summed E-state index contributed by atoms with van der Waals surface area (Å²) in [5.41, 5.74) is 0. The number of rotatable bonds is 9. The number of nitrogens with one attached hydrogen (secondary N) is 2. The Kier molecular flexibility index (Phi) is 9.76. The normalized spacial score (nSPS) is 19.8. The quantitative estimate of drug-likeness (QED) is 0.377. The number of guanidine groups is 1. The Hall–Kier alpha value is -1.63. The lowest BCUT2D eigenvalue weighted by Crippen LogP contribution is -2.45. The van der Waals surface area contributed by atoms with E-state index in [-0.39, 0.29) is 0 Å². The monoisotopic (exact) mass is 403 g/mol. The molecule has 0 unspecified atom stereocenters. The summed E-state index contributed by atoms with van der Waals surface area (Å²) >= 11 is 0. The van der Waals surface area contributed by atoms with Crippen molar-refractivity contribution in [3.63, 3.8) is 0 Å². The highest BCUT2D eigenvalue weighted by atomic mass is 15.3. The molecule has 2 fully saturated rings. The lowest BCUT2D eigenvalue weighted by atomic mass is 9.96. The molecule has 1 aliphatic carbocycles. The molecule has 0 aromatic carbocycles. The van der Waals surface area contributed by atoms with Gasteiger partial charge in [0.05, 0.1) is 0 Å². The second-order valence-corrected chi connectivity index (χ2v) is 8.54. The molecule has 1 aromatic heterocycles. The van der Waals surface area contributed by atoms with Crippen LogP contribution in [0.25, 0.3) is 0 Å². The van der Waals surface area contributed by atoms with E-state index in [1.54, 1.807) is 0 Å². The molecule has 164 valence electrons. The van der Waals surface area contributed by atoms with Gasteiger partial charge in [-0.05, 0) is 51.7 Å². The van der Waals surface area contributed by atoms with Crippen LogP contribution in [0.3, 0.4) is 0 Å². The molecule has 29 heavy (non-hydrogen) atoms. The molecule has 2 N–H and O–H groups in total. The molecule has 0 radical (unpaired) electrons. The fourth-order valence-corrected chi connectivity index (χ4v) is 4.47. The number of hydrogen-bond donors (Lipinski definition) is 2. The average Bonchev–Trinajstić information content (AvgIpc) is 3.04. The van der Waals surface area contributed by atoms with E-state index in [9.17, 15) is 0 Å². The molecular weight excluding hydrogens is 362 g/mol. The first-order valence-electron chi connectivity index (χ1n) is 12.0. The molecule has 7 heteroatoms. The second-order valence-electron chi connectivity index (χ2n) is 8.54. The Labute approximate surface area is 176 Å². The van der Waals surface area contributed by atoms with Crippen LogP contribution >= 0.6 is 0 Å². The van der Waals surface area contributed by atoms with E-state index in [1.165, 1.54) is 77.4 Å². The Morgan fingerprint density at radius 1 is 1.07 bits per heavy atom. The fraction of sp³-hybridized carbons (Fsp3) is 0.864. The molecule has 0 amide bonds. The summed E-state index contributed by atoms with van der Waals surface area (Å²) in [5, 5.41) is 15.5. The SMILES string of the molecule is CCc1nncn1CCNC(=NCCCN1CCCCCC1)NC1CCCCC1. The summed E-state index contributed by atoms with van der Waals surface area (Å²) in [7, 11) is 0. The molecule has 2 heterocycles. The number of hydrogen-bond acceptors (Lipinski definition) is 4. The first-order valence-corrected chi connectivity index (χ1v) is 12.0. The third-order valence-electron chi connectivity index (χ3n) is 6.20. The maximum absolute atomic E-state index is 4.91. The molecule has 1 aliphatic heterocycles. The highest BCUT2D eigenvalue weighted by Crippen LogP contribution is 2.17. The number of nitrogens with zero attached hydrogens (tertiary/aromatic N) is 5. The van der Waals surface area contributed by atoms with Crippen LogP contribution in [0, 0.1) is 0 Å². The average molecular weight is 404 g/mol. The van der Waals surface area contributed by atoms with Crippen molar-refractivity contribution in [2.45, 2.75) is 90.1 Å². The lowest BCUT2D eigenvalue weighted by molar-refractivity contribution is 0.283. The molecule has 0 spiro atoms. The van der Waals surface area contributed by atoms with E-state index in [0.29, 0.717) is 6.04 Å². The van der Waals surface area contributed by atoms with E-state index < -0.39 is 0 Å². The molecule has 7 nitrogen and oxygen atoms in total.